The lowest BCUT2D eigenvalue weighted by Gasteiger charge is -2.17. The van der Waals surface area contributed by atoms with Crippen LogP contribution in [0.25, 0.3) is 0 Å². The average Bonchev–Trinajstić information content (AvgIpc) is 3.28. The summed E-state index contributed by atoms with van der Waals surface area (Å²) in [5.41, 5.74) is 1.28. The summed E-state index contributed by atoms with van der Waals surface area (Å²) in [5, 5.41) is 0. The Morgan fingerprint density at radius 2 is 1.96 bits per heavy atom. The van der Waals surface area contributed by atoms with E-state index in [1.807, 2.05) is 41.3 Å². The average molecular weight is 308 g/mol. The third-order valence-corrected chi connectivity index (χ3v) is 4.72. The highest BCUT2D eigenvalue weighted by molar-refractivity contribution is 5.83. The number of aromatic nitrogens is 1. The third kappa shape index (κ3) is 3.07. The first-order valence-corrected chi connectivity index (χ1v) is 8.22. The molecule has 1 aliphatic heterocycles. The van der Waals surface area contributed by atoms with Crippen LogP contribution in [0.15, 0.2) is 54.7 Å². The number of likely N-dealkylation sites (tertiary alicyclic amines) is 1. The van der Waals surface area contributed by atoms with E-state index in [0.29, 0.717) is 18.3 Å². The zero-order chi connectivity index (χ0) is 15.6. The van der Waals surface area contributed by atoms with Crippen molar-refractivity contribution in [1.29, 1.82) is 0 Å². The Morgan fingerprint density at radius 1 is 1.13 bits per heavy atom. The minimum absolute atomic E-state index is 0.0581. The van der Waals surface area contributed by atoms with E-state index in [-0.39, 0.29) is 17.9 Å². The fourth-order valence-electron chi connectivity index (χ4n) is 3.38. The summed E-state index contributed by atoms with van der Waals surface area (Å²) in [5.74, 6) is 1.48. The highest BCUT2D eigenvalue weighted by Crippen LogP contribution is 2.48. The number of amides is 1. The van der Waals surface area contributed by atoms with Gasteiger partial charge in [-0.1, -0.05) is 36.4 Å². The molecule has 118 valence electrons. The molecule has 4 nitrogen and oxygen atoms in total. The van der Waals surface area contributed by atoms with E-state index < -0.39 is 0 Å². The SMILES string of the molecule is O=C([C@@H]1C[C@H]1c1ccccc1)N1CC[C@H](Oc2ccccn2)C1. The molecule has 23 heavy (non-hydrogen) atoms. The number of carbonyl (C=O) groups is 1. The van der Waals surface area contributed by atoms with Gasteiger partial charge in [-0.15, -0.1) is 0 Å². The summed E-state index contributed by atoms with van der Waals surface area (Å²) in [4.78, 5) is 18.8. The van der Waals surface area contributed by atoms with Gasteiger partial charge in [-0.25, -0.2) is 4.98 Å². The maximum atomic E-state index is 12.6. The minimum Gasteiger partial charge on any atom is -0.472 e. The zero-order valence-electron chi connectivity index (χ0n) is 13.0. The van der Waals surface area contributed by atoms with Crippen molar-refractivity contribution in [2.75, 3.05) is 13.1 Å². The molecule has 1 amide bonds. The van der Waals surface area contributed by atoms with E-state index in [1.165, 1.54) is 5.56 Å². The quantitative estimate of drug-likeness (QED) is 0.872. The number of benzene rings is 1. The Kier molecular flexibility index (Phi) is 3.74. The standard InChI is InChI=1S/C19H20N2O2/c22-19(17-12-16(17)14-6-2-1-3-7-14)21-11-9-15(13-21)23-18-8-4-5-10-20-18/h1-8,10,15-17H,9,11-13H2/t15-,16-,17+/m0/s1. The summed E-state index contributed by atoms with van der Waals surface area (Å²) < 4.78 is 5.86. The van der Waals surface area contributed by atoms with Crippen molar-refractivity contribution in [2.45, 2.75) is 24.9 Å². The van der Waals surface area contributed by atoms with Gasteiger partial charge in [0.2, 0.25) is 11.8 Å². The number of nitrogens with zero attached hydrogens (tertiary/aromatic N) is 2. The molecule has 2 aliphatic rings. The van der Waals surface area contributed by atoms with E-state index in [0.717, 1.165) is 19.4 Å². The molecule has 1 saturated carbocycles. The number of rotatable bonds is 4. The monoisotopic (exact) mass is 308 g/mol. The van der Waals surface area contributed by atoms with Crippen molar-refractivity contribution >= 4 is 5.91 Å². The van der Waals surface area contributed by atoms with Gasteiger partial charge in [0.1, 0.15) is 6.10 Å². The molecule has 0 N–H and O–H groups in total. The number of hydrogen-bond acceptors (Lipinski definition) is 3. The Balaban J connectivity index is 1.33. The van der Waals surface area contributed by atoms with Crippen LogP contribution in [0.3, 0.4) is 0 Å². The molecule has 1 aliphatic carbocycles. The fourth-order valence-corrected chi connectivity index (χ4v) is 3.38. The smallest absolute Gasteiger partial charge is 0.226 e. The molecule has 2 fully saturated rings. The predicted octanol–water partition coefficient (Wildman–Crippen LogP) is 2.87. The van der Waals surface area contributed by atoms with Crippen LogP contribution in [0.5, 0.6) is 5.88 Å². The van der Waals surface area contributed by atoms with Crippen molar-refractivity contribution in [3.63, 3.8) is 0 Å². The van der Waals surface area contributed by atoms with Crippen LogP contribution in [0.4, 0.5) is 0 Å². The Bertz CT molecular complexity index is 674. The molecule has 0 unspecified atom stereocenters. The molecule has 2 heterocycles. The van der Waals surface area contributed by atoms with Crippen molar-refractivity contribution < 1.29 is 9.53 Å². The van der Waals surface area contributed by atoms with Crippen LogP contribution in [-0.4, -0.2) is 35.0 Å². The van der Waals surface area contributed by atoms with Gasteiger partial charge in [-0.3, -0.25) is 4.79 Å². The van der Waals surface area contributed by atoms with Gasteiger partial charge >= 0.3 is 0 Å². The Hall–Kier alpha value is -2.36. The van der Waals surface area contributed by atoms with Gasteiger partial charge in [0.15, 0.2) is 0 Å². The highest BCUT2D eigenvalue weighted by Gasteiger charge is 2.46. The lowest BCUT2D eigenvalue weighted by Crippen LogP contribution is -2.32. The van der Waals surface area contributed by atoms with E-state index >= 15 is 0 Å². The second-order valence-electron chi connectivity index (χ2n) is 6.34. The van der Waals surface area contributed by atoms with Crippen LogP contribution in [0.1, 0.15) is 24.3 Å². The third-order valence-electron chi connectivity index (χ3n) is 4.72. The first-order valence-electron chi connectivity index (χ1n) is 8.22. The molecule has 1 aromatic carbocycles. The van der Waals surface area contributed by atoms with Gasteiger partial charge in [0.25, 0.3) is 0 Å². The molecule has 4 heteroatoms. The second kappa shape index (κ2) is 6.03. The largest absolute Gasteiger partial charge is 0.472 e. The van der Waals surface area contributed by atoms with E-state index in [9.17, 15) is 4.79 Å². The Labute approximate surface area is 136 Å². The predicted molar refractivity (Wildman–Crippen MR) is 87.1 cm³/mol. The molecule has 4 rings (SSSR count). The fraction of sp³-hybridized carbons (Fsp3) is 0.368. The minimum atomic E-state index is 0.0581. The van der Waals surface area contributed by atoms with Crippen LogP contribution < -0.4 is 4.74 Å². The number of pyridine rings is 1. The van der Waals surface area contributed by atoms with Crippen LogP contribution in [-0.2, 0) is 4.79 Å². The normalized spacial score (nSPS) is 26.1. The van der Waals surface area contributed by atoms with Gasteiger partial charge < -0.3 is 9.64 Å². The van der Waals surface area contributed by atoms with Gasteiger partial charge in [0.05, 0.1) is 6.54 Å². The maximum absolute atomic E-state index is 12.6. The first kappa shape index (κ1) is 14.2. The van der Waals surface area contributed by atoms with E-state index in [4.69, 9.17) is 4.74 Å². The Morgan fingerprint density at radius 3 is 2.74 bits per heavy atom. The van der Waals surface area contributed by atoms with Gasteiger partial charge in [-0.2, -0.15) is 0 Å². The summed E-state index contributed by atoms with van der Waals surface area (Å²) >= 11 is 0. The van der Waals surface area contributed by atoms with Crippen molar-refractivity contribution in [3.8, 4) is 5.88 Å². The van der Waals surface area contributed by atoms with Crippen LogP contribution in [0.2, 0.25) is 0 Å². The molecule has 2 aromatic rings. The molecule has 0 radical (unpaired) electrons. The van der Waals surface area contributed by atoms with E-state index in [2.05, 4.69) is 17.1 Å². The lowest BCUT2D eigenvalue weighted by atomic mass is 10.1. The summed E-state index contributed by atoms with van der Waals surface area (Å²) in [7, 11) is 0. The van der Waals surface area contributed by atoms with Crippen molar-refractivity contribution in [3.05, 3.63) is 60.3 Å². The summed E-state index contributed by atoms with van der Waals surface area (Å²) in [6, 6.07) is 16.0. The summed E-state index contributed by atoms with van der Waals surface area (Å²) in [6.45, 7) is 1.46. The number of ether oxygens (including phenoxy) is 1. The molecule has 1 aromatic heterocycles. The van der Waals surface area contributed by atoms with Crippen LogP contribution >= 0.6 is 0 Å². The number of hydrogen-bond donors (Lipinski definition) is 0. The van der Waals surface area contributed by atoms with Crippen molar-refractivity contribution in [1.82, 2.24) is 9.88 Å². The van der Waals surface area contributed by atoms with Crippen LogP contribution in [0, 0.1) is 5.92 Å². The number of carbonyl (C=O) groups excluding carboxylic acids is 1. The molecule has 1 saturated heterocycles. The van der Waals surface area contributed by atoms with Gasteiger partial charge in [0, 0.05) is 31.1 Å². The van der Waals surface area contributed by atoms with Gasteiger partial charge in [-0.05, 0) is 24.0 Å². The van der Waals surface area contributed by atoms with E-state index in [1.54, 1.807) is 6.20 Å². The maximum Gasteiger partial charge on any atom is 0.226 e. The molecule has 0 spiro atoms. The summed E-state index contributed by atoms with van der Waals surface area (Å²) in [6.07, 6.45) is 3.64. The molecular weight excluding hydrogens is 288 g/mol. The highest BCUT2D eigenvalue weighted by atomic mass is 16.5. The molecule has 3 atom stereocenters. The molecule has 0 bridgehead atoms. The second-order valence-corrected chi connectivity index (χ2v) is 6.34. The van der Waals surface area contributed by atoms with Crippen molar-refractivity contribution in [2.24, 2.45) is 5.92 Å². The first-order chi connectivity index (χ1) is 11.3. The topological polar surface area (TPSA) is 42.4 Å². The molecular formula is C19H20N2O2. The lowest BCUT2D eigenvalue weighted by molar-refractivity contribution is -0.131. The zero-order valence-corrected chi connectivity index (χ0v) is 13.0.